The molecule has 1 aliphatic rings. The molecule has 0 amide bonds. The minimum absolute atomic E-state index is 0.0969. The lowest BCUT2D eigenvalue weighted by molar-refractivity contribution is -0.111. The molecule has 0 spiro atoms. The van der Waals surface area contributed by atoms with Gasteiger partial charge in [0.1, 0.15) is 5.71 Å². The van der Waals surface area contributed by atoms with Gasteiger partial charge < -0.3 is 10.7 Å². The van der Waals surface area contributed by atoms with E-state index in [0.717, 1.165) is 31.5 Å². The number of nitrogens with zero attached hydrogens (tertiary/aromatic N) is 2. The predicted molar refractivity (Wildman–Crippen MR) is 103 cm³/mol. The van der Waals surface area contributed by atoms with Crippen LogP contribution in [-0.4, -0.2) is 30.0 Å². The third-order valence-corrected chi connectivity index (χ3v) is 5.00. The molecule has 0 atom stereocenters. The second-order valence-corrected chi connectivity index (χ2v) is 6.65. The Morgan fingerprint density at radius 1 is 1.24 bits per heavy atom. The van der Waals surface area contributed by atoms with Crippen LogP contribution in [0.25, 0.3) is 11.1 Å². The molecule has 0 unspecified atom stereocenters. The van der Waals surface area contributed by atoms with E-state index in [0.29, 0.717) is 5.71 Å². The SMILES string of the molecule is CCc1c(/C(=N\N)C(C)=O)cc(-c2ccccc2)c2c1CN(C)CC2. The summed E-state index contributed by atoms with van der Waals surface area (Å²) in [6, 6.07) is 12.5. The first-order chi connectivity index (χ1) is 12.1. The van der Waals surface area contributed by atoms with Crippen LogP contribution in [0.1, 0.15) is 36.1 Å². The summed E-state index contributed by atoms with van der Waals surface area (Å²) in [5, 5.41) is 3.82. The molecule has 0 aliphatic carbocycles. The standard InChI is InChI=1S/C21H25N3O/c1-4-16-19(21(23-22)14(2)25)12-18(15-8-6-5-7-9-15)17-10-11-24(3)13-20(16)17/h5-9,12H,4,10-11,13,22H2,1-3H3/b23-21-. The highest BCUT2D eigenvalue weighted by Crippen LogP contribution is 2.35. The van der Waals surface area contributed by atoms with Crippen LogP contribution < -0.4 is 5.84 Å². The van der Waals surface area contributed by atoms with E-state index in [4.69, 9.17) is 5.84 Å². The average Bonchev–Trinajstić information content (AvgIpc) is 2.61. The van der Waals surface area contributed by atoms with Gasteiger partial charge in [-0.05, 0) is 53.8 Å². The van der Waals surface area contributed by atoms with Crippen LogP contribution >= 0.6 is 0 Å². The van der Waals surface area contributed by atoms with Gasteiger partial charge in [-0.15, -0.1) is 0 Å². The molecule has 0 radical (unpaired) electrons. The Kier molecular flexibility index (Phi) is 5.00. The van der Waals surface area contributed by atoms with Gasteiger partial charge in [-0.25, -0.2) is 0 Å². The molecular weight excluding hydrogens is 310 g/mol. The maximum atomic E-state index is 12.1. The van der Waals surface area contributed by atoms with Crippen molar-refractivity contribution in [1.82, 2.24) is 4.90 Å². The normalized spacial score (nSPS) is 15.1. The number of hydrogen-bond donors (Lipinski definition) is 1. The fraction of sp³-hybridized carbons (Fsp3) is 0.333. The number of fused-ring (bicyclic) bond motifs is 1. The summed E-state index contributed by atoms with van der Waals surface area (Å²) in [7, 11) is 2.14. The number of benzene rings is 2. The molecular formula is C21H25N3O. The summed E-state index contributed by atoms with van der Waals surface area (Å²) < 4.78 is 0. The molecule has 0 saturated carbocycles. The lowest BCUT2D eigenvalue weighted by atomic mass is 9.82. The number of Topliss-reactive ketones (excluding diaryl/α,β-unsaturated/α-hetero) is 1. The molecule has 4 heteroatoms. The van der Waals surface area contributed by atoms with Gasteiger partial charge in [-0.2, -0.15) is 5.10 Å². The van der Waals surface area contributed by atoms with Crippen LogP contribution in [0.5, 0.6) is 0 Å². The van der Waals surface area contributed by atoms with Crippen molar-refractivity contribution in [2.24, 2.45) is 10.9 Å². The first kappa shape index (κ1) is 17.4. The van der Waals surface area contributed by atoms with Crippen LogP contribution in [0.15, 0.2) is 41.5 Å². The first-order valence-corrected chi connectivity index (χ1v) is 8.77. The fourth-order valence-corrected chi connectivity index (χ4v) is 3.79. The number of hydrazone groups is 1. The molecule has 3 rings (SSSR count). The van der Waals surface area contributed by atoms with E-state index in [1.165, 1.54) is 34.7 Å². The van der Waals surface area contributed by atoms with Crippen molar-refractivity contribution in [1.29, 1.82) is 0 Å². The maximum absolute atomic E-state index is 12.1. The molecule has 1 aliphatic heterocycles. The van der Waals surface area contributed by atoms with Crippen molar-refractivity contribution in [3.05, 3.63) is 58.7 Å². The van der Waals surface area contributed by atoms with E-state index in [2.05, 4.69) is 42.2 Å². The van der Waals surface area contributed by atoms with Gasteiger partial charge >= 0.3 is 0 Å². The van der Waals surface area contributed by atoms with Gasteiger partial charge in [-0.3, -0.25) is 4.79 Å². The smallest absolute Gasteiger partial charge is 0.180 e. The quantitative estimate of drug-likeness (QED) is 0.530. The summed E-state index contributed by atoms with van der Waals surface area (Å²) in [5.41, 5.74) is 7.53. The highest BCUT2D eigenvalue weighted by atomic mass is 16.1. The Bertz CT molecular complexity index is 825. The van der Waals surface area contributed by atoms with Gasteiger partial charge in [0.15, 0.2) is 5.78 Å². The number of carbonyl (C=O) groups is 1. The van der Waals surface area contributed by atoms with Gasteiger partial charge in [-0.1, -0.05) is 37.3 Å². The number of ketones is 1. The number of carbonyl (C=O) groups excluding carboxylic acids is 1. The molecule has 0 saturated heterocycles. The summed E-state index contributed by atoms with van der Waals surface area (Å²) in [4.78, 5) is 14.4. The minimum atomic E-state index is -0.0969. The second kappa shape index (κ2) is 7.19. The van der Waals surface area contributed by atoms with Gasteiger partial charge in [0.25, 0.3) is 0 Å². The Labute approximate surface area is 149 Å². The molecule has 0 bridgehead atoms. The monoisotopic (exact) mass is 335 g/mol. The first-order valence-electron chi connectivity index (χ1n) is 8.77. The zero-order chi connectivity index (χ0) is 18.0. The lowest BCUT2D eigenvalue weighted by Gasteiger charge is -2.30. The van der Waals surface area contributed by atoms with Crippen molar-refractivity contribution in [2.75, 3.05) is 13.6 Å². The van der Waals surface area contributed by atoms with E-state index < -0.39 is 0 Å². The van der Waals surface area contributed by atoms with E-state index >= 15 is 0 Å². The Hall–Kier alpha value is -2.46. The number of rotatable bonds is 4. The van der Waals surface area contributed by atoms with Crippen molar-refractivity contribution < 1.29 is 4.79 Å². The molecule has 25 heavy (non-hydrogen) atoms. The van der Waals surface area contributed by atoms with Gasteiger partial charge in [0.2, 0.25) is 0 Å². The summed E-state index contributed by atoms with van der Waals surface area (Å²) >= 11 is 0. The van der Waals surface area contributed by atoms with E-state index in [1.54, 1.807) is 0 Å². The van der Waals surface area contributed by atoms with Crippen molar-refractivity contribution in [3.8, 4) is 11.1 Å². The van der Waals surface area contributed by atoms with Crippen LogP contribution in [0, 0.1) is 0 Å². The molecule has 2 aromatic carbocycles. The topological polar surface area (TPSA) is 58.7 Å². The summed E-state index contributed by atoms with van der Waals surface area (Å²) in [6.07, 6.45) is 1.87. The van der Waals surface area contributed by atoms with Crippen molar-refractivity contribution in [2.45, 2.75) is 33.2 Å². The minimum Gasteiger partial charge on any atom is -0.323 e. The van der Waals surface area contributed by atoms with Crippen molar-refractivity contribution in [3.63, 3.8) is 0 Å². The number of nitrogens with two attached hydrogens (primary N) is 1. The molecule has 4 nitrogen and oxygen atoms in total. The Balaban J connectivity index is 2.33. The van der Waals surface area contributed by atoms with Crippen LogP contribution in [0.2, 0.25) is 0 Å². The maximum Gasteiger partial charge on any atom is 0.180 e. The zero-order valence-electron chi connectivity index (χ0n) is 15.2. The number of hydrogen-bond acceptors (Lipinski definition) is 4. The summed E-state index contributed by atoms with van der Waals surface area (Å²) in [6.45, 7) is 5.59. The Morgan fingerprint density at radius 3 is 2.56 bits per heavy atom. The van der Waals surface area contributed by atoms with Gasteiger partial charge in [0.05, 0.1) is 0 Å². The average molecular weight is 335 g/mol. The van der Waals surface area contributed by atoms with E-state index in [1.807, 2.05) is 18.2 Å². The molecule has 0 aromatic heterocycles. The van der Waals surface area contributed by atoms with Crippen LogP contribution in [0.4, 0.5) is 0 Å². The lowest BCUT2D eigenvalue weighted by Crippen LogP contribution is -2.29. The molecule has 1 heterocycles. The van der Waals surface area contributed by atoms with Crippen LogP contribution in [-0.2, 0) is 24.2 Å². The third kappa shape index (κ3) is 3.22. The molecule has 0 fully saturated rings. The second-order valence-electron chi connectivity index (χ2n) is 6.65. The molecule has 2 N–H and O–H groups in total. The zero-order valence-corrected chi connectivity index (χ0v) is 15.2. The summed E-state index contributed by atoms with van der Waals surface area (Å²) in [5.74, 6) is 5.48. The largest absolute Gasteiger partial charge is 0.323 e. The highest BCUT2D eigenvalue weighted by Gasteiger charge is 2.25. The number of likely N-dealkylation sites (N-methyl/N-ethyl adjacent to an activating group) is 1. The third-order valence-electron chi connectivity index (χ3n) is 5.00. The van der Waals surface area contributed by atoms with E-state index in [9.17, 15) is 4.79 Å². The van der Waals surface area contributed by atoms with Crippen LogP contribution in [0.3, 0.4) is 0 Å². The molecule has 130 valence electrons. The fourth-order valence-electron chi connectivity index (χ4n) is 3.79. The van der Waals surface area contributed by atoms with E-state index in [-0.39, 0.29) is 5.78 Å². The Morgan fingerprint density at radius 2 is 1.96 bits per heavy atom. The molecule has 2 aromatic rings. The predicted octanol–water partition coefficient (Wildman–Crippen LogP) is 3.16. The van der Waals surface area contributed by atoms with Crippen molar-refractivity contribution >= 4 is 11.5 Å². The highest BCUT2D eigenvalue weighted by molar-refractivity contribution is 6.45. The van der Waals surface area contributed by atoms with Gasteiger partial charge in [0, 0.05) is 25.6 Å².